The van der Waals surface area contributed by atoms with Crippen LogP contribution in [0, 0.1) is 0 Å². The predicted molar refractivity (Wildman–Crippen MR) is 82.2 cm³/mol. The van der Waals surface area contributed by atoms with Crippen LogP contribution in [0.3, 0.4) is 0 Å². The van der Waals surface area contributed by atoms with Crippen molar-refractivity contribution in [3.63, 3.8) is 0 Å². The van der Waals surface area contributed by atoms with E-state index in [1.807, 2.05) is 10.7 Å². The van der Waals surface area contributed by atoms with Gasteiger partial charge in [-0.2, -0.15) is 5.10 Å². The molecule has 114 valence electrons. The zero-order valence-corrected chi connectivity index (χ0v) is 13.5. The first-order valence-corrected chi connectivity index (χ1v) is 7.52. The Hall–Kier alpha value is -1.46. The molecule has 1 aromatic carbocycles. The molecule has 0 spiro atoms. The average Bonchev–Trinajstić information content (AvgIpc) is 2.93. The van der Waals surface area contributed by atoms with E-state index in [9.17, 15) is 0 Å². The molecule has 0 bridgehead atoms. The molecule has 0 radical (unpaired) electrons. The highest BCUT2D eigenvalue weighted by molar-refractivity contribution is 6.32. The Morgan fingerprint density at radius 3 is 2.81 bits per heavy atom. The zero-order chi connectivity index (χ0) is 15.2. The quantitative estimate of drug-likeness (QED) is 0.727. The third kappa shape index (κ3) is 3.80. The molecule has 1 heterocycles. The second kappa shape index (κ2) is 7.52. The van der Waals surface area contributed by atoms with Gasteiger partial charge >= 0.3 is 0 Å². The Balaban J connectivity index is 2.17. The number of aryl methyl sites for hydroxylation is 1. The van der Waals surface area contributed by atoms with Crippen LogP contribution in [0.2, 0.25) is 5.02 Å². The van der Waals surface area contributed by atoms with E-state index in [2.05, 4.69) is 17.0 Å². The maximum absolute atomic E-state index is 6.23. The standard InChI is InChI=1S/C14H17Cl2N3O2/c1-3-4-19-13(17-9-18-19)8-21-14-11(16)5-10(7-15)6-12(14)20-2/h5-6,9H,3-4,7-8H2,1-2H3. The first kappa shape index (κ1) is 15.9. The number of halogens is 2. The zero-order valence-electron chi connectivity index (χ0n) is 12.0. The van der Waals surface area contributed by atoms with Gasteiger partial charge in [-0.1, -0.05) is 18.5 Å². The lowest BCUT2D eigenvalue weighted by Crippen LogP contribution is -2.09. The fraction of sp³-hybridized carbons (Fsp3) is 0.429. The number of methoxy groups -OCH3 is 1. The van der Waals surface area contributed by atoms with Crippen LogP contribution in [0.4, 0.5) is 0 Å². The van der Waals surface area contributed by atoms with Crippen molar-refractivity contribution in [3.8, 4) is 11.5 Å². The highest BCUT2D eigenvalue weighted by atomic mass is 35.5. The number of ether oxygens (including phenoxy) is 2. The molecule has 0 aliphatic carbocycles. The van der Waals surface area contributed by atoms with E-state index < -0.39 is 0 Å². The summed E-state index contributed by atoms with van der Waals surface area (Å²) >= 11 is 12.0. The molecule has 0 amide bonds. The summed E-state index contributed by atoms with van der Waals surface area (Å²) in [5, 5.41) is 4.62. The summed E-state index contributed by atoms with van der Waals surface area (Å²) in [6, 6.07) is 3.58. The van der Waals surface area contributed by atoms with Gasteiger partial charge in [0.25, 0.3) is 0 Å². The summed E-state index contributed by atoms with van der Waals surface area (Å²) in [7, 11) is 1.57. The van der Waals surface area contributed by atoms with Gasteiger partial charge in [0.05, 0.1) is 12.1 Å². The van der Waals surface area contributed by atoms with Crippen LogP contribution in [0.15, 0.2) is 18.5 Å². The molecule has 0 saturated heterocycles. The summed E-state index contributed by atoms with van der Waals surface area (Å²) in [6.45, 7) is 3.15. The van der Waals surface area contributed by atoms with E-state index in [1.165, 1.54) is 6.33 Å². The van der Waals surface area contributed by atoms with E-state index in [4.69, 9.17) is 32.7 Å². The smallest absolute Gasteiger partial charge is 0.180 e. The lowest BCUT2D eigenvalue weighted by molar-refractivity contribution is 0.269. The first-order valence-electron chi connectivity index (χ1n) is 6.61. The van der Waals surface area contributed by atoms with Crippen molar-refractivity contribution in [1.29, 1.82) is 0 Å². The van der Waals surface area contributed by atoms with Crippen LogP contribution in [0.5, 0.6) is 11.5 Å². The number of rotatable bonds is 7. The van der Waals surface area contributed by atoms with Gasteiger partial charge < -0.3 is 9.47 Å². The molecule has 0 aliphatic rings. The fourth-order valence-electron chi connectivity index (χ4n) is 1.93. The fourth-order valence-corrected chi connectivity index (χ4v) is 2.37. The topological polar surface area (TPSA) is 49.2 Å². The normalized spacial score (nSPS) is 10.7. The second-order valence-corrected chi connectivity index (χ2v) is 5.11. The molecule has 0 unspecified atom stereocenters. The lowest BCUT2D eigenvalue weighted by atomic mass is 10.2. The molecule has 0 atom stereocenters. The van der Waals surface area contributed by atoms with Gasteiger partial charge in [0.15, 0.2) is 17.3 Å². The molecule has 0 aliphatic heterocycles. The van der Waals surface area contributed by atoms with Gasteiger partial charge in [-0.05, 0) is 24.1 Å². The van der Waals surface area contributed by atoms with Gasteiger partial charge in [0.1, 0.15) is 12.9 Å². The minimum absolute atomic E-state index is 0.274. The molecule has 21 heavy (non-hydrogen) atoms. The minimum Gasteiger partial charge on any atom is -0.493 e. The van der Waals surface area contributed by atoms with Crippen LogP contribution in [0.1, 0.15) is 24.7 Å². The Bertz CT molecular complexity index is 602. The summed E-state index contributed by atoms with van der Waals surface area (Å²) in [4.78, 5) is 4.19. The van der Waals surface area contributed by atoms with Gasteiger partial charge in [-0.25, -0.2) is 9.67 Å². The third-order valence-corrected chi connectivity index (χ3v) is 3.51. The van der Waals surface area contributed by atoms with Crippen molar-refractivity contribution in [2.75, 3.05) is 7.11 Å². The lowest BCUT2D eigenvalue weighted by Gasteiger charge is -2.13. The van der Waals surface area contributed by atoms with E-state index in [0.717, 1.165) is 24.4 Å². The van der Waals surface area contributed by atoms with Crippen LogP contribution in [-0.4, -0.2) is 21.9 Å². The molecule has 0 N–H and O–H groups in total. The molecule has 2 aromatic rings. The van der Waals surface area contributed by atoms with E-state index in [-0.39, 0.29) is 6.61 Å². The maximum Gasteiger partial charge on any atom is 0.180 e. The number of benzene rings is 1. The summed E-state index contributed by atoms with van der Waals surface area (Å²) < 4.78 is 12.9. The number of nitrogens with zero attached hydrogens (tertiary/aromatic N) is 3. The molecule has 0 saturated carbocycles. The van der Waals surface area contributed by atoms with Crippen LogP contribution in [0.25, 0.3) is 0 Å². The highest BCUT2D eigenvalue weighted by Gasteiger charge is 2.13. The Kier molecular flexibility index (Phi) is 5.70. The van der Waals surface area contributed by atoms with Crippen molar-refractivity contribution in [2.45, 2.75) is 32.4 Å². The van der Waals surface area contributed by atoms with Gasteiger partial charge in [0.2, 0.25) is 0 Å². The number of aromatic nitrogens is 3. The van der Waals surface area contributed by atoms with Crippen molar-refractivity contribution in [2.24, 2.45) is 0 Å². The number of hydrogen-bond donors (Lipinski definition) is 0. The molecule has 5 nitrogen and oxygen atoms in total. The number of alkyl halides is 1. The van der Waals surface area contributed by atoms with Crippen LogP contribution < -0.4 is 9.47 Å². The Labute approximate surface area is 133 Å². The molecule has 7 heteroatoms. The van der Waals surface area contributed by atoms with E-state index in [0.29, 0.717) is 22.4 Å². The van der Waals surface area contributed by atoms with E-state index >= 15 is 0 Å². The maximum atomic E-state index is 6.23. The molecular weight excluding hydrogens is 313 g/mol. The van der Waals surface area contributed by atoms with E-state index in [1.54, 1.807) is 13.2 Å². The predicted octanol–water partition coefficient (Wildman–Crippen LogP) is 3.67. The van der Waals surface area contributed by atoms with Crippen molar-refractivity contribution < 1.29 is 9.47 Å². The molecule has 2 rings (SSSR count). The Morgan fingerprint density at radius 2 is 2.14 bits per heavy atom. The molecule has 1 aromatic heterocycles. The Morgan fingerprint density at radius 1 is 1.33 bits per heavy atom. The minimum atomic E-state index is 0.274. The summed E-state index contributed by atoms with van der Waals surface area (Å²) in [6.07, 6.45) is 2.49. The summed E-state index contributed by atoms with van der Waals surface area (Å²) in [5.41, 5.74) is 0.875. The number of hydrogen-bond acceptors (Lipinski definition) is 4. The van der Waals surface area contributed by atoms with Crippen LogP contribution >= 0.6 is 23.2 Å². The summed E-state index contributed by atoms with van der Waals surface area (Å²) in [5.74, 6) is 2.15. The van der Waals surface area contributed by atoms with Crippen LogP contribution in [-0.2, 0) is 19.0 Å². The largest absolute Gasteiger partial charge is 0.493 e. The average molecular weight is 330 g/mol. The van der Waals surface area contributed by atoms with Gasteiger partial charge in [0, 0.05) is 12.4 Å². The molecule has 0 fully saturated rings. The van der Waals surface area contributed by atoms with Crippen molar-refractivity contribution in [3.05, 3.63) is 34.9 Å². The van der Waals surface area contributed by atoms with Crippen molar-refractivity contribution >= 4 is 23.2 Å². The second-order valence-electron chi connectivity index (χ2n) is 4.43. The monoisotopic (exact) mass is 329 g/mol. The van der Waals surface area contributed by atoms with Crippen molar-refractivity contribution in [1.82, 2.24) is 14.8 Å². The highest BCUT2D eigenvalue weighted by Crippen LogP contribution is 2.37. The third-order valence-electron chi connectivity index (χ3n) is 2.92. The first-order chi connectivity index (χ1) is 10.2. The van der Waals surface area contributed by atoms with Gasteiger partial charge in [-0.3, -0.25) is 0 Å². The van der Waals surface area contributed by atoms with Gasteiger partial charge in [-0.15, -0.1) is 11.6 Å². The molecular formula is C14H17Cl2N3O2. The SMILES string of the molecule is CCCn1ncnc1COc1c(Cl)cc(CCl)cc1OC.